The first-order valence-corrected chi connectivity index (χ1v) is 3.09. The summed E-state index contributed by atoms with van der Waals surface area (Å²) in [6.45, 7) is 0. The van der Waals surface area contributed by atoms with Crippen molar-refractivity contribution in [3.63, 3.8) is 0 Å². The summed E-state index contributed by atoms with van der Waals surface area (Å²) >= 11 is 1.47. The Morgan fingerprint density at radius 1 is 1.50 bits per heavy atom. The molecule has 4 heavy (non-hydrogen) atoms. The normalized spacial score (nSPS) is 2.00. The Bertz CT molecular complexity index is 8.00. The molecule has 0 atom stereocenters. The Kier molecular flexibility index (Phi) is 72.3. The van der Waals surface area contributed by atoms with Crippen LogP contribution in [0.25, 0.3) is 0 Å². The summed E-state index contributed by atoms with van der Waals surface area (Å²) in [4.78, 5) is 0. The fourth-order valence-corrected chi connectivity index (χ4v) is 0. The van der Waals surface area contributed by atoms with E-state index in [0.717, 1.165) is 0 Å². The van der Waals surface area contributed by atoms with Gasteiger partial charge in [0.1, 0.15) is 0 Å². The zero-order valence-corrected chi connectivity index (χ0v) is 5.20. The van der Waals surface area contributed by atoms with Crippen LogP contribution in [-0.4, -0.2) is 0 Å². The second-order valence-electron chi connectivity index (χ2n) is 0. The summed E-state index contributed by atoms with van der Waals surface area (Å²) in [5.41, 5.74) is 0. The Labute approximate surface area is 43.1 Å². The van der Waals surface area contributed by atoms with Crippen LogP contribution in [0.4, 0.5) is 0 Å². The van der Waals surface area contributed by atoms with Gasteiger partial charge >= 0.3 is 28.7 Å². The van der Waals surface area contributed by atoms with Gasteiger partial charge in [-0.1, -0.05) is 0 Å². The van der Waals surface area contributed by atoms with E-state index in [2.05, 4.69) is 18.3 Å². The van der Waals surface area contributed by atoms with E-state index < -0.39 is 0 Å². The van der Waals surface area contributed by atoms with E-state index in [4.69, 9.17) is 5.16 Å². The van der Waals surface area contributed by atoms with Crippen molar-refractivity contribution in [2.75, 3.05) is 0 Å². The average Bonchev–Trinajstić information content (AvgIpc) is 1.50. The summed E-state index contributed by atoms with van der Waals surface area (Å²) in [5, 5.41) is 5.56. The summed E-state index contributed by atoms with van der Waals surface area (Å²) in [6.07, 6.45) is 0. The predicted molar refractivity (Wildman–Crippen MR) is 16.9 cm³/mol. The molecule has 23 valence electrons. The first-order valence-electron chi connectivity index (χ1n) is 0.439. The maximum atomic E-state index is 5.56. The standard InChI is InChI=1S/ClH.H2NP.Ti/c;1-2;/h1H;1-2H;/q;;+1/p-1. The molecular weight excluding hydrogens is 128 g/mol. The van der Waals surface area contributed by atoms with Gasteiger partial charge in [0, 0.05) is 0 Å². The van der Waals surface area contributed by atoms with E-state index >= 15 is 0 Å². The van der Waals surface area contributed by atoms with Crippen LogP contribution in [0.5, 0.6) is 0 Å². The van der Waals surface area contributed by atoms with Crippen LogP contribution >= 0.6 is 18.3 Å². The molecule has 1 N–H and O–H groups in total. The van der Waals surface area contributed by atoms with Crippen molar-refractivity contribution in [2.45, 2.75) is 0 Å². The fraction of sp³-hybridized carbons (Fsp3) is 0. The number of nitrogens with one attached hydrogen (secondary N) is 1. The van der Waals surface area contributed by atoms with E-state index in [1.807, 2.05) is 0 Å². The van der Waals surface area contributed by atoms with Gasteiger partial charge in [-0.3, -0.25) is 5.16 Å². The van der Waals surface area contributed by atoms with Gasteiger partial charge in [-0.05, 0) is 9.03 Å². The first kappa shape index (κ1) is 8.92. The Morgan fingerprint density at radius 3 is 1.50 bits per heavy atom. The molecule has 0 fully saturated rings. The SMILES string of the molecule is N=P.[Cl][Ti]. The van der Waals surface area contributed by atoms with Crippen LogP contribution in [0.1, 0.15) is 0 Å². The van der Waals surface area contributed by atoms with Gasteiger partial charge in [0.25, 0.3) is 0 Å². The molecule has 0 aromatic heterocycles. The van der Waals surface area contributed by atoms with Gasteiger partial charge in [0.05, 0.1) is 0 Å². The molecule has 1 nitrogen and oxygen atoms in total. The fourth-order valence-electron chi connectivity index (χ4n) is 0. The van der Waals surface area contributed by atoms with Crippen LogP contribution in [-0.2, 0) is 19.4 Å². The monoisotopic (exact) mass is 130 g/mol. The second kappa shape index (κ2) is 32.4. The molecule has 0 rings (SSSR count). The number of hydrogen-bond acceptors (Lipinski definition) is 1. The Balaban J connectivity index is 0. The molecule has 0 radical (unpaired) electrons. The molecular formula is H2ClNPTi. The minimum absolute atomic E-state index is 1.47. The van der Waals surface area contributed by atoms with Crippen molar-refractivity contribution in [3.05, 3.63) is 0 Å². The van der Waals surface area contributed by atoms with Gasteiger partial charge in [0.2, 0.25) is 0 Å². The van der Waals surface area contributed by atoms with E-state index in [0.29, 0.717) is 0 Å². The van der Waals surface area contributed by atoms with Gasteiger partial charge in [-0.2, -0.15) is 0 Å². The van der Waals surface area contributed by atoms with Gasteiger partial charge in [-0.25, -0.2) is 0 Å². The van der Waals surface area contributed by atoms with Crippen LogP contribution in [0.2, 0.25) is 0 Å². The van der Waals surface area contributed by atoms with Gasteiger partial charge < -0.3 is 0 Å². The first-order chi connectivity index (χ1) is 2.00. The molecule has 0 bridgehead atoms. The third-order valence-corrected chi connectivity index (χ3v) is 0. The van der Waals surface area contributed by atoms with Crippen molar-refractivity contribution in [1.29, 1.82) is 5.16 Å². The quantitative estimate of drug-likeness (QED) is 0.380. The van der Waals surface area contributed by atoms with Gasteiger partial charge in [-0.15, -0.1) is 0 Å². The molecule has 0 amide bonds. The molecule has 0 aliphatic heterocycles. The van der Waals surface area contributed by atoms with Crippen molar-refractivity contribution in [2.24, 2.45) is 0 Å². The van der Waals surface area contributed by atoms with E-state index in [1.165, 1.54) is 19.4 Å². The molecule has 0 saturated carbocycles. The predicted octanol–water partition coefficient (Wildman–Crippen LogP) is 1.58. The minimum atomic E-state index is 1.47. The molecule has 0 heterocycles. The Hall–Kier alpha value is 1.10. The summed E-state index contributed by atoms with van der Waals surface area (Å²) in [5.74, 6) is 0. The molecule has 0 spiro atoms. The average molecular weight is 130 g/mol. The molecule has 0 unspecified atom stereocenters. The van der Waals surface area contributed by atoms with Crippen LogP contribution in [0, 0.1) is 5.16 Å². The van der Waals surface area contributed by atoms with E-state index in [-0.39, 0.29) is 0 Å². The van der Waals surface area contributed by atoms with E-state index in [1.54, 1.807) is 0 Å². The van der Waals surface area contributed by atoms with Crippen molar-refractivity contribution < 1.29 is 19.4 Å². The summed E-state index contributed by atoms with van der Waals surface area (Å²) in [7, 11) is 6.86. The maximum absolute atomic E-state index is 5.56. The molecule has 0 aliphatic rings. The van der Waals surface area contributed by atoms with Crippen LogP contribution < -0.4 is 0 Å². The number of halogens is 1. The molecule has 0 aromatic rings. The third kappa shape index (κ3) is 11.3. The molecule has 0 aliphatic carbocycles. The molecule has 0 aromatic carbocycles. The zero-order chi connectivity index (χ0) is 4.00. The zero-order valence-electron chi connectivity index (χ0n) is 1.88. The third-order valence-electron chi connectivity index (χ3n) is 0. The topological polar surface area (TPSA) is 23.9 Å². The van der Waals surface area contributed by atoms with Gasteiger partial charge in [0.15, 0.2) is 0 Å². The van der Waals surface area contributed by atoms with Crippen LogP contribution in [0.15, 0.2) is 0 Å². The van der Waals surface area contributed by atoms with E-state index in [9.17, 15) is 0 Å². The second-order valence-corrected chi connectivity index (χ2v) is 0. The summed E-state index contributed by atoms with van der Waals surface area (Å²) in [6, 6.07) is 0. The van der Waals surface area contributed by atoms with Crippen molar-refractivity contribution in [1.82, 2.24) is 0 Å². The molecule has 4 heteroatoms. The number of rotatable bonds is 0. The summed E-state index contributed by atoms with van der Waals surface area (Å²) < 4.78 is 0. The van der Waals surface area contributed by atoms with Crippen molar-refractivity contribution >= 4 is 18.3 Å². The number of hydrogen-bond donors (Lipinski definition) is 1. The molecule has 0 saturated heterocycles. The van der Waals surface area contributed by atoms with Crippen LogP contribution in [0.3, 0.4) is 0 Å². The Morgan fingerprint density at radius 2 is 1.50 bits per heavy atom. The van der Waals surface area contributed by atoms with Crippen molar-refractivity contribution in [3.8, 4) is 0 Å².